The molecule has 16 heavy (non-hydrogen) atoms. The average molecular weight is 301 g/mol. The first-order valence-corrected chi connectivity index (χ1v) is 7.41. The van der Waals surface area contributed by atoms with Crippen LogP contribution in [0, 0.1) is 0 Å². The van der Waals surface area contributed by atoms with Crippen LogP contribution < -0.4 is 0 Å². The Morgan fingerprint density at radius 2 is 1.94 bits per heavy atom. The van der Waals surface area contributed by atoms with Crippen LogP contribution in [0.15, 0.2) is 29.8 Å². The molecule has 0 amide bonds. The Kier molecular flexibility index (Phi) is 6.79. The molecule has 1 aliphatic carbocycles. The zero-order valence-electron chi connectivity index (χ0n) is 9.47. The fourth-order valence-corrected chi connectivity index (χ4v) is 1.92. The van der Waals surface area contributed by atoms with E-state index in [1.807, 2.05) is 0 Å². The molecule has 0 radical (unpaired) electrons. The van der Waals surface area contributed by atoms with Crippen molar-refractivity contribution in [3.8, 4) is 0 Å². The zero-order valence-corrected chi connectivity index (χ0v) is 11.9. The van der Waals surface area contributed by atoms with E-state index in [0.29, 0.717) is 0 Å². The van der Waals surface area contributed by atoms with E-state index in [2.05, 4.69) is 37.3 Å². The van der Waals surface area contributed by atoms with Gasteiger partial charge in [-0.3, -0.25) is 0 Å². The summed E-state index contributed by atoms with van der Waals surface area (Å²) in [6, 6.07) is 8.71. The summed E-state index contributed by atoms with van der Waals surface area (Å²) in [6.45, 7) is 2.25. The minimum absolute atomic E-state index is 1.19. The van der Waals surface area contributed by atoms with Gasteiger partial charge in [0.2, 0.25) is 0 Å². The summed E-state index contributed by atoms with van der Waals surface area (Å²) in [5, 5.41) is 0. The summed E-state index contributed by atoms with van der Waals surface area (Å²) in [7, 11) is 0. The molecule has 0 spiro atoms. The molecule has 0 fully saturated rings. The molecule has 0 aromatic heterocycles. The molecule has 3 heteroatoms. The molecule has 0 atom stereocenters. The summed E-state index contributed by atoms with van der Waals surface area (Å²) in [4.78, 5) is 0. The molecule has 0 saturated carbocycles. The third-order valence-corrected chi connectivity index (χ3v) is 2.68. The van der Waals surface area contributed by atoms with Gasteiger partial charge in [0.15, 0.2) is 0 Å². The van der Waals surface area contributed by atoms with Gasteiger partial charge in [-0.15, -0.1) is 0 Å². The Balaban J connectivity index is 0.000000386. The van der Waals surface area contributed by atoms with Crippen molar-refractivity contribution in [3.63, 3.8) is 0 Å². The van der Waals surface area contributed by atoms with E-state index in [1.54, 1.807) is 5.57 Å². The Labute approximate surface area is 109 Å². The first kappa shape index (κ1) is 13.8. The van der Waals surface area contributed by atoms with Gasteiger partial charge in [-0.25, -0.2) is 0 Å². The van der Waals surface area contributed by atoms with Gasteiger partial charge in [0.1, 0.15) is 0 Å². The normalized spacial score (nSPS) is 12.3. The van der Waals surface area contributed by atoms with Crippen molar-refractivity contribution >= 4 is 6.08 Å². The molecule has 0 heterocycles. The number of allylic oxidation sites excluding steroid dienone is 1. The number of hydrogen-bond donors (Lipinski definition) is 0. The van der Waals surface area contributed by atoms with E-state index >= 15 is 0 Å². The maximum absolute atomic E-state index is 9.80. The maximum atomic E-state index is 9.80. The molecule has 1 aliphatic rings. The van der Waals surface area contributed by atoms with Crippen molar-refractivity contribution in [2.75, 3.05) is 0 Å². The van der Waals surface area contributed by atoms with Crippen LogP contribution >= 0.6 is 0 Å². The number of benzene rings is 1. The van der Waals surface area contributed by atoms with E-state index in [1.165, 1.54) is 36.8 Å². The first-order chi connectivity index (χ1) is 7.81. The van der Waals surface area contributed by atoms with Gasteiger partial charge in [-0.05, 0) is 30.4 Å². The summed E-state index contributed by atoms with van der Waals surface area (Å²) in [5.74, 6) is 0. The number of unbranched alkanes of at least 4 members (excludes halogenated alkanes) is 1. The Hall–Kier alpha value is -0.297. The van der Waals surface area contributed by atoms with Crippen LogP contribution in [0.3, 0.4) is 0 Å². The average Bonchev–Trinajstić information content (AvgIpc) is 2.70. The molecule has 0 N–H and O–H groups in total. The van der Waals surface area contributed by atoms with Crippen molar-refractivity contribution in [3.05, 3.63) is 41.0 Å². The zero-order chi connectivity index (χ0) is 11.8. The van der Waals surface area contributed by atoms with Crippen LogP contribution in [0.4, 0.5) is 5.25 Å². The van der Waals surface area contributed by atoms with Crippen molar-refractivity contribution in [1.82, 2.24) is 0 Å². The standard InChI is InChI=1S/C13H16.2FH.Zr/c1-2-3-6-11-9-12-7-4-5-8-13(12)10-11;;;/h4-5,7-9H,2-3,6,10H2,1H3;2*1H;/q;;;+2/p-2. The monoisotopic (exact) mass is 300 g/mol. The predicted molar refractivity (Wildman–Crippen MR) is 59.9 cm³/mol. The van der Waals surface area contributed by atoms with Gasteiger partial charge in [-0.1, -0.05) is 49.3 Å². The van der Waals surface area contributed by atoms with E-state index in [-0.39, 0.29) is 0 Å². The molecule has 1 aromatic carbocycles. The molecule has 0 nitrogen and oxygen atoms in total. The van der Waals surface area contributed by atoms with Crippen LogP contribution in [-0.2, 0) is 30.9 Å². The SMILES string of the molecule is CCCCC1=Cc2ccccc2C1.[F][Zr][F]. The quantitative estimate of drug-likeness (QED) is 0.762. The summed E-state index contributed by atoms with van der Waals surface area (Å²) in [5.41, 5.74) is 4.56. The summed E-state index contributed by atoms with van der Waals surface area (Å²) < 4.78 is 19.6. The fourth-order valence-electron chi connectivity index (χ4n) is 1.92. The van der Waals surface area contributed by atoms with Crippen LogP contribution in [0.5, 0.6) is 0 Å². The molecular formula is C13H16F2Zr. The molecule has 0 bridgehead atoms. The number of hydrogen-bond acceptors (Lipinski definition) is 0. The van der Waals surface area contributed by atoms with Crippen molar-refractivity contribution in [2.24, 2.45) is 0 Å². The van der Waals surface area contributed by atoms with E-state index in [9.17, 15) is 5.25 Å². The van der Waals surface area contributed by atoms with Gasteiger partial charge in [0, 0.05) is 0 Å². The molecule has 86 valence electrons. The molecule has 0 unspecified atom stereocenters. The van der Waals surface area contributed by atoms with Crippen LogP contribution in [0.2, 0.25) is 0 Å². The Morgan fingerprint density at radius 1 is 1.25 bits per heavy atom. The van der Waals surface area contributed by atoms with Crippen LogP contribution in [-0.4, -0.2) is 0 Å². The summed E-state index contributed by atoms with van der Waals surface area (Å²) in [6.07, 6.45) is 7.47. The van der Waals surface area contributed by atoms with Gasteiger partial charge in [-0.2, -0.15) is 0 Å². The van der Waals surface area contributed by atoms with Gasteiger partial charge in [0.25, 0.3) is 0 Å². The number of fused-ring (bicyclic) bond motifs is 1. The van der Waals surface area contributed by atoms with Crippen LogP contribution in [0.25, 0.3) is 6.08 Å². The second-order valence-corrected chi connectivity index (χ2v) is 4.20. The van der Waals surface area contributed by atoms with Crippen molar-refractivity contribution in [2.45, 2.75) is 32.6 Å². The topological polar surface area (TPSA) is 0 Å². The molecular weight excluding hydrogens is 285 g/mol. The first-order valence-electron chi connectivity index (χ1n) is 5.55. The minimum atomic E-state index is -2.77. The third kappa shape index (κ3) is 4.29. The van der Waals surface area contributed by atoms with Crippen molar-refractivity contribution < 1.29 is 29.7 Å². The Bertz CT molecular complexity index is 348. The second-order valence-electron chi connectivity index (χ2n) is 3.85. The number of halogens is 2. The van der Waals surface area contributed by atoms with Crippen molar-refractivity contribution in [1.29, 1.82) is 0 Å². The molecule has 0 aliphatic heterocycles. The van der Waals surface area contributed by atoms with Gasteiger partial charge >= 0.3 is 29.7 Å². The fraction of sp³-hybridized carbons (Fsp3) is 0.385. The van der Waals surface area contributed by atoms with Crippen LogP contribution in [0.1, 0.15) is 37.3 Å². The van der Waals surface area contributed by atoms with E-state index in [0.717, 1.165) is 0 Å². The molecule has 1 aromatic rings. The predicted octanol–water partition coefficient (Wildman–Crippen LogP) is 4.65. The van der Waals surface area contributed by atoms with E-state index in [4.69, 9.17) is 0 Å². The molecule has 0 saturated heterocycles. The number of rotatable bonds is 3. The van der Waals surface area contributed by atoms with E-state index < -0.39 is 24.5 Å². The second kappa shape index (κ2) is 7.89. The Morgan fingerprint density at radius 3 is 2.56 bits per heavy atom. The third-order valence-electron chi connectivity index (χ3n) is 2.68. The summed E-state index contributed by atoms with van der Waals surface area (Å²) >= 11 is -2.77. The van der Waals surface area contributed by atoms with Gasteiger partial charge in [0.05, 0.1) is 0 Å². The van der Waals surface area contributed by atoms with Gasteiger partial charge < -0.3 is 0 Å². The molecule has 2 rings (SSSR count).